The number of sulfone groups is 1. The first-order valence-electron chi connectivity index (χ1n) is 5.88. The maximum Gasteiger partial charge on any atom is 0.337 e. The molecule has 1 aliphatic heterocycles. The number of aromatic carboxylic acids is 1. The Bertz CT molecular complexity index is 637. The number of carboxylic acid groups (broad SMARTS) is 1. The van der Waals surface area contributed by atoms with Crippen LogP contribution in [0.5, 0.6) is 0 Å². The molecule has 2 rings (SSSR count). The van der Waals surface area contributed by atoms with Gasteiger partial charge in [-0.25, -0.2) is 17.6 Å². The molecule has 0 amide bonds. The van der Waals surface area contributed by atoms with Gasteiger partial charge in [0.05, 0.1) is 20.7 Å². The average molecular weight is 323 g/mol. The fourth-order valence-electron chi connectivity index (χ4n) is 2.06. The second kappa shape index (κ2) is 5.67. The van der Waals surface area contributed by atoms with Crippen molar-refractivity contribution in [1.82, 2.24) is 0 Å². The van der Waals surface area contributed by atoms with Crippen molar-refractivity contribution in [1.29, 1.82) is 0 Å². The standard InChI is InChI=1S/C12H12ClFO5S/c13-11-9(12(15)16)5-8(6-10(11)14)20(17,18)7-1-3-19-4-2-7/h5-7H,1-4H2,(H,15,16). The molecule has 0 unspecified atom stereocenters. The van der Waals surface area contributed by atoms with Crippen LogP contribution in [-0.2, 0) is 14.6 Å². The van der Waals surface area contributed by atoms with Gasteiger partial charge in [-0.2, -0.15) is 0 Å². The van der Waals surface area contributed by atoms with Crippen LogP contribution in [0.15, 0.2) is 17.0 Å². The van der Waals surface area contributed by atoms with E-state index in [1.807, 2.05) is 0 Å². The summed E-state index contributed by atoms with van der Waals surface area (Å²) in [7, 11) is -3.80. The lowest BCUT2D eigenvalue weighted by molar-refractivity contribution is 0.0696. The lowest BCUT2D eigenvalue weighted by atomic mass is 10.2. The van der Waals surface area contributed by atoms with Gasteiger partial charge in [-0.1, -0.05) is 11.6 Å². The topological polar surface area (TPSA) is 80.7 Å². The lowest BCUT2D eigenvalue weighted by Gasteiger charge is -2.22. The highest BCUT2D eigenvalue weighted by molar-refractivity contribution is 7.92. The third-order valence-electron chi connectivity index (χ3n) is 3.17. The maximum atomic E-state index is 13.6. The summed E-state index contributed by atoms with van der Waals surface area (Å²) in [4.78, 5) is 10.6. The van der Waals surface area contributed by atoms with Crippen LogP contribution in [0.1, 0.15) is 23.2 Å². The van der Waals surface area contributed by atoms with Crippen LogP contribution in [-0.4, -0.2) is 38.0 Å². The molecule has 110 valence electrons. The van der Waals surface area contributed by atoms with Crippen molar-refractivity contribution < 1.29 is 27.4 Å². The minimum absolute atomic E-state index is 0.301. The van der Waals surface area contributed by atoms with Gasteiger partial charge in [0.1, 0.15) is 5.82 Å². The highest BCUT2D eigenvalue weighted by Crippen LogP contribution is 2.29. The number of benzene rings is 1. The molecule has 1 fully saturated rings. The van der Waals surface area contributed by atoms with Crippen LogP contribution >= 0.6 is 11.6 Å². The summed E-state index contributed by atoms with van der Waals surface area (Å²) in [5, 5.41) is 7.63. The van der Waals surface area contributed by atoms with E-state index in [1.54, 1.807) is 0 Å². The molecule has 0 saturated carbocycles. The predicted octanol–water partition coefficient (Wildman–Crippen LogP) is 2.13. The van der Waals surface area contributed by atoms with Gasteiger partial charge >= 0.3 is 5.97 Å². The summed E-state index contributed by atoms with van der Waals surface area (Å²) in [5.74, 6) is -2.53. The van der Waals surface area contributed by atoms with Gasteiger partial charge in [0.15, 0.2) is 9.84 Å². The van der Waals surface area contributed by atoms with E-state index in [9.17, 15) is 17.6 Å². The molecule has 0 radical (unpaired) electrons. The van der Waals surface area contributed by atoms with Crippen LogP contribution in [0.2, 0.25) is 5.02 Å². The summed E-state index contributed by atoms with van der Waals surface area (Å²) in [6.45, 7) is 0.623. The van der Waals surface area contributed by atoms with E-state index in [4.69, 9.17) is 21.4 Å². The Morgan fingerprint density at radius 1 is 1.35 bits per heavy atom. The second-order valence-electron chi connectivity index (χ2n) is 4.43. The molecule has 20 heavy (non-hydrogen) atoms. The summed E-state index contributed by atoms with van der Waals surface area (Å²) in [6, 6.07) is 1.66. The minimum Gasteiger partial charge on any atom is -0.478 e. The molecule has 0 spiro atoms. The quantitative estimate of drug-likeness (QED) is 0.922. The number of rotatable bonds is 3. The van der Waals surface area contributed by atoms with Crippen molar-refractivity contribution in [3.05, 3.63) is 28.5 Å². The van der Waals surface area contributed by atoms with Crippen LogP contribution in [0, 0.1) is 5.82 Å². The number of carbonyl (C=O) groups is 1. The first kappa shape index (κ1) is 15.2. The Hall–Kier alpha value is -1.18. The van der Waals surface area contributed by atoms with E-state index in [0.29, 0.717) is 26.1 Å². The number of hydrogen-bond acceptors (Lipinski definition) is 4. The van der Waals surface area contributed by atoms with Crippen LogP contribution in [0.25, 0.3) is 0 Å². The molecule has 0 bridgehead atoms. The normalized spacial score (nSPS) is 17.1. The molecule has 1 saturated heterocycles. The van der Waals surface area contributed by atoms with Crippen molar-refractivity contribution in [3.8, 4) is 0 Å². The van der Waals surface area contributed by atoms with Crippen LogP contribution in [0.4, 0.5) is 4.39 Å². The Morgan fingerprint density at radius 3 is 2.50 bits per heavy atom. The smallest absolute Gasteiger partial charge is 0.337 e. The van der Waals surface area contributed by atoms with Gasteiger partial charge in [0.2, 0.25) is 0 Å². The molecular weight excluding hydrogens is 311 g/mol. The van der Waals surface area contributed by atoms with Gasteiger partial charge in [0.25, 0.3) is 0 Å². The zero-order valence-corrected chi connectivity index (χ0v) is 11.9. The van der Waals surface area contributed by atoms with E-state index >= 15 is 0 Å². The molecule has 0 aromatic heterocycles. The molecule has 5 nitrogen and oxygen atoms in total. The van der Waals surface area contributed by atoms with Gasteiger partial charge in [-0.15, -0.1) is 0 Å². The van der Waals surface area contributed by atoms with Crippen molar-refractivity contribution in [3.63, 3.8) is 0 Å². The second-order valence-corrected chi connectivity index (χ2v) is 7.03. The van der Waals surface area contributed by atoms with E-state index in [1.165, 1.54) is 0 Å². The van der Waals surface area contributed by atoms with Gasteiger partial charge in [0, 0.05) is 13.2 Å². The maximum absolute atomic E-state index is 13.6. The number of halogens is 2. The van der Waals surface area contributed by atoms with E-state index in [-0.39, 0.29) is 4.90 Å². The van der Waals surface area contributed by atoms with Crippen molar-refractivity contribution in [2.75, 3.05) is 13.2 Å². The Morgan fingerprint density at radius 2 is 1.95 bits per heavy atom. The highest BCUT2D eigenvalue weighted by Gasteiger charge is 2.31. The molecule has 1 heterocycles. The molecular formula is C12H12ClFO5S. The predicted molar refractivity (Wildman–Crippen MR) is 69.4 cm³/mol. The van der Waals surface area contributed by atoms with Gasteiger partial charge in [-0.3, -0.25) is 0 Å². The fourth-order valence-corrected chi connectivity index (χ4v) is 4.00. The molecule has 0 aliphatic carbocycles. The molecule has 8 heteroatoms. The lowest BCUT2D eigenvalue weighted by Crippen LogP contribution is -2.29. The summed E-state index contributed by atoms with van der Waals surface area (Å²) in [5.41, 5.74) is -0.558. The fraction of sp³-hybridized carbons (Fsp3) is 0.417. The monoisotopic (exact) mass is 322 g/mol. The minimum atomic E-state index is -3.80. The zero-order chi connectivity index (χ0) is 14.9. The summed E-state index contributed by atoms with van der Waals surface area (Å²) in [6.07, 6.45) is 0.601. The third-order valence-corrected chi connectivity index (χ3v) is 5.79. The molecule has 0 atom stereocenters. The Kier molecular flexibility index (Phi) is 4.31. The van der Waals surface area contributed by atoms with Crippen molar-refractivity contribution in [2.45, 2.75) is 23.0 Å². The summed E-state index contributed by atoms with van der Waals surface area (Å²) < 4.78 is 43.4. The van der Waals surface area contributed by atoms with Gasteiger partial charge < -0.3 is 9.84 Å². The molecule has 1 aromatic rings. The first-order chi connectivity index (χ1) is 9.34. The van der Waals surface area contributed by atoms with Gasteiger partial charge in [-0.05, 0) is 25.0 Å². The first-order valence-corrected chi connectivity index (χ1v) is 7.80. The average Bonchev–Trinajstić information content (AvgIpc) is 2.42. The highest BCUT2D eigenvalue weighted by atomic mass is 35.5. The summed E-state index contributed by atoms with van der Waals surface area (Å²) >= 11 is 5.53. The third kappa shape index (κ3) is 2.79. The molecule has 1 N–H and O–H groups in total. The van der Waals surface area contributed by atoms with E-state index < -0.39 is 37.5 Å². The van der Waals surface area contributed by atoms with E-state index in [2.05, 4.69) is 0 Å². The van der Waals surface area contributed by atoms with Crippen LogP contribution < -0.4 is 0 Å². The largest absolute Gasteiger partial charge is 0.478 e. The molecule has 1 aliphatic rings. The number of ether oxygens (including phenoxy) is 1. The molecule has 1 aromatic carbocycles. The van der Waals surface area contributed by atoms with E-state index in [0.717, 1.165) is 12.1 Å². The Labute approximate surface area is 120 Å². The Balaban J connectivity index is 2.49. The van der Waals surface area contributed by atoms with Crippen molar-refractivity contribution in [2.24, 2.45) is 0 Å². The zero-order valence-electron chi connectivity index (χ0n) is 10.3. The van der Waals surface area contributed by atoms with Crippen LogP contribution in [0.3, 0.4) is 0 Å². The SMILES string of the molecule is O=C(O)c1cc(S(=O)(=O)C2CCOCC2)cc(F)c1Cl. The van der Waals surface area contributed by atoms with Crippen molar-refractivity contribution >= 4 is 27.4 Å². The number of carboxylic acids is 1. The number of hydrogen-bond donors (Lipinski definition) is 1.